The Labute approximate surface area is 180 Å². The minimum atomic E-state index is 0.555. The van der Waals surface area contributed by atoms with Crippen molar-refractivity contribution in [1.29, 1.82) is 0 Å². The molecule has 0 saturated carbocycles. The van der Waals surface area contributed by atoms with E-state index in [2.05, 4.69) is 33.1 Å². The molecule has 7 heteroatoms. The molecule has 0 saturated heterocycles. The summed E-state index contributed by atoms with van der Waals surface area (Å²) in [5.41, 5.74) is 6.13. The zero-order valence-corrected chi connectivity index (χ0v) is 17.6. The number of aromatic nitrogens is 7. The van der Waals surface area contributed by atoms with E-state index in [-0.39, 0.29) is 0 Å². The van der Waals surface area contributed by atoms with Gasteiger partial charge in [0, 0.05) is 6.20 Å². The van der Waals surface area contributed by atoms with Gasteiger partial charge < -0.3 is 4.57 Å². The number of hydrogen-bond acceptors (Lipinski definition) is 5. The standard InChI is InChI=1S/C22H17N7.C2H6/c1-3-16-9-15(10-23-17(16)4-2)12-28-13-25-19-11-24-22(27-21(19)28)29-14-26-18-7-5-6-8-20(18)29;1-2/h3-11,13-14H,1-2,12H2;1-2H3. The average molecular weight is 409 g/mol. The Balaban J connectivity index is 0.00000112. The lowest BCUT2D eigenvalue weighted by molar-refractivity contribution is 0.804. The second kappa shape index (κ2) is 8.71. The van der Waals surface area contributed by atoms with E-state index in [0.717, 1.165) is 39.0 Å². The van der Waals surface area contributed by atoms with Gasteiger partial charge in [-0.25, -0.2) is 15.0 Å². The summed E-state index contributed by atoms with van der Waals surface area (Å²) in [5.74, 6) is 0.555. The van der Waals surface area contributed by atoms with Gasteiger partial charge in [0.1, 0.15) is 11.8 Å². The Morgan fingerprint density at radius 3 is 2.52 bits per heavy atom. The monoisotopic (exact) mass is 409 g/mol. The summed E-state index contributed by atoms with van der Waals surface area (Å²) in [7, 11) is 0. The Kier molecular flexibility index (Phi) is 5.66. The molecule has 1 aromatic carbocycles. The highest BCUT2D eigenvalue weighted by Crippen LogP contribution is 2.19. The molecule has 0 atom stereocenters. The number of hydrogen-bond donors (Lipinski definition) is 0. The fourth-order valence-electron chi connectivity index (χ4n) is 3.35. The minimum Gasteiger partial charge on any atom is -0.311 e. The van der Waals surface area contributed by atoms with Crippen molar-refractivity contribution in [1.82, 2.24) is 34.1 Å². The van der Waals surface area contributed by atoms with Crippen molar-refractivity contribution in [2.75, 3.05) is 0 Å². The molecule has 0 spiro atoms. The number of fused-ring (bicyclic) bond motifs is 2. The molecule has 154 valence electrons. The van der Waals surface area contributed by atoms with Crippen LogP contribution in [0.15, 0.2) is 68.5 Å². The second-order valence-corrected chi connectivity index (χ2v) is 6.58. The highest BCUT2D eigenvalue weighted by atomic mass is 15.2. The highest BCUT2D eigenvalue weighted by Gasteiger charge is 2.11. The fourth-order valence-corrected chi connectivity index (χ4v) is 3.35. The molecule has 5 rings (SSSR count). The number of rotatable bonds is 5. The summed E-state index contributed by atoms with van der Waals surface area (Å²) in [6, 6.07) is 9.94. The predicted octanol–water partition coefficient (Wildman–Crippen LogP) is 4.92. The Morgan fingerprint density at radius 2 is 1.71 bits per heavy atom. The summed E-state index contributed by atoms with van der Waals surface area (Å²) in [4.78, 5) is 22.5. The molecule has 0 unspecified atom stereocenters. The molecule has 0 amide bonds. The van der Waals surface area contributed by atoms with Crippen LogP contribution >= 0.6 is 0 Å². The highest BCUT2D eigenvalue weighted by molar-refractivity contribution is 5.77. The predicted molar refractivity (Wildman–Crippen MR) is 125 cm³/mol. The van der Waals surface area contributed by atoms with Crippen LogP contribution in [0.4, 0.5) is 0 Å². The van der Waals surface area contributed by atoms with E-state index in [1.54, 1.807) is 31.0 Å². The van der Waals surface area contributed by atoms with Crippen LogP contribution < -0.4 is 0 Å². The Bertz CT molecular complexity index is 1380. The van der Waals surface area contributed by atoms with Crippen molar-refractivity contribution in [2.24, 2.45) is 0 Å². The third kappa shape index (κ3) is 3.73. The fraction of sp³-hybridized carbons (Fsp3) is 0.125. The first-order chi connectivity index (χ1) is 15.3. The van der Waals surface area contributed by atoms with Crippen LogP contribution in [0.25, 0.3) is 40.3 Å². The SMILES string of the molecule is C=Cc1cc(Cn2cnc3cnc(-n4cnc5ccccc54)nc32)cnc1C=C.CC. The molecule has 0 aliphatic rings. The number of nitrogens with zero attached hydrogens (tertiary/aromatic N) is 7. The molecule has 7 nitrogen and oxygen atoms in total. The van der Waals surface area contributed by atoms with Crippen molar-refractivity contribution < 1.29 is 0 Å². The molecule has 0 N–H and O–H groups in total. The molecule has 5 aromatic rings. The lowest BCUT2D eigenvalue weighted by Gasteiger charge is -2.08. The van der Waals surface area contributed by atoms with E-state index >= 15 is 0 Å². The van der Waals surface area contributed by atoms with Gasteiger partial charge in [0.2, 0.25) is 5.95 Å². The van der Waals surface area contributed by atoms with Gasteiger partial charge in [0.25, 0.3) is 0 Å². The topological polar surface area (TPSA) is 74.3 Å². The smallest absolute Gasteiger partial charge is 0.237 e. The summed E-state index contributed by atoms with van der Waals surface area (Å²) in [6.07, 6.45) is 10.6. The van der Waals surface area contributed by atoms with Crippen LogP contribution in [0.3, 0.4) is 0 Å². The molecule has 4 aromatic heterocycles. The molecule has 0 fully saturated rings. The van der Waals surface area contributed by atoms with Gasteiger partial charge in [-0.1, -0.05) is 45.2 Å². The summed E-state index contributed by atoms with van der Waals surface area (Å²) < 4.78 is 3.86. The molecule has 0 aliphatic carbocycles. The minimum absolute atomic E-state index is 0.555. The van der Waals surface area contributed by atoms with Crippen LogP contribution in [0.1, 0.15) is 30.7 Å². The number of imidazole rings is 2. The van der Waals surface area contributed by atoms with Crippen LogP contribution in [0, 0.1) is 0 Å². The first kappa shape index (κ1) is 20.2. The van der Waals surface area contributed by atoms with Crippen LogP contribution in [-0.4, -0.2) is 34.1 Å². The summed E-state index contributed by atoms with van der Waals surface area (Å²) in [5, 5.41) is 0. The number of benzene rings is 1. The largest absolute Gasteiger partial charge is 0.311 e. The Hall–Kier alpha value is -4.13. The third-order valence-corrected chi connectivity index (χ3v) is 4.79. The van der Waals surface area contributed by atoms with Crippen LogP contribution in [-0.2, 0) is 6.54 Å². The van der Waals surface area contributed by atoms with Crippen molar-refractivity contribution in [3.05, 3.63) is 85.4 Å². The lowest BCUT2D eigenvalue weighted by atomic mass is 10.1. The van der Waals surface area contributed by atoms with Gasteiger partial charge in [-0.3, -0.25) is 9.55 Å². The molecule has 0 radical (unpaired) electrons. The van der Waals surface area contributed by atoms with E-state index in [0.29, 0.717) is 12.5 Å². The summed E-state index contributed by atoms with van der Waals surface area (Å²) in [6.45, 7) is 12.2. The van der Waals surface area contributed by atoms with Gasteiger partial charge in [-0.05, 0) is 35.4 Å². The van der Waals surface area contributed by atoms with Gasteiger partial charge in [-0.2, -0.15) is 4.98 Å². The average Bonchev–Trinajstić information content (AvgIpc) is 3.44. The van der Waals surface area contributed by atoms with Crippen LogP contribution in [0.2, 0.25) is 0 Å². The quantitative estimate of drug-likeness (QED) is 0.412. The maximum absolute atomic E-state index is 4.76. The van der Waals surface area contributed by atoms with Crippen molar-refractivity contribution in [3.63, 3.8) is 0 Å². The van der Waals surface area contributed by atoms with Gasteiger partial charge in [0.05, 0.1) is 35.8 Å². The second-order valence-electron chi connectivity index (χ2n) is 6.58. The Morgan fingerprint density at radius 1 is 0.903 bits per heavy atom. The van der Waals surface area contributed by atoms with Gasteiger partial charge in [0.15, 0.2) is 5.65 Å². The number of pyridine rings is 1. The number of para-hydroxylation sites is 2. The van der Waals surface area contributed by atoms with Gasteiger partial charge >= 0.3 is 0 Å². The van der Waals surface area contributed by atoms with Crippen molar-refractivity contribution >= 4 is 34.3 Å². The molecule has 4 heterocycles. The zero-order valence-electron chi connectivity index (χ0n) is 17.6. The normalized spacial score (nSPS) is 10.6. The van der Waals surface area contributed by atoms with E-state index in [1.165, 1.54) is 0 Å². The molecule has 0 bridgehead atoms. The van der Waals surface area contributed by atoms with Gasteiger partial charge in [-0.15, -0.1) is 0 Å². The molecular weight excluding hydrogens is 386 g/mol. The molecule has 0 aliphatic heterocycles. The van der Waals surface area contributed by atoms with E-state index in [1.807, 2.05) is 59.5 Å². The molecule has 31 heavy (non-hydrogen) atoms. The molecular formula is C24H23N7. The maximum atomic E-state index is 4.76. The first-order valence-electron chi connectivity index (χ1n) is 10.1. The maximum Gasteiger partial charge on any atom is 0.237 e. The summed E-state index contributed by atoms with van der Waals surface area (Å²) >= 11 is 0. The first-order valence-corrected chi connectivity index (χ1v) is 10.1. The lowest BCUT2D eigenvalue weighted by Crippen LogP contribution is -2.04. The van der Waals surface area contributed by atoms with E-state index < -0.39 is 0 Å². The van der Waals surface area contributed by atoms with E-state index in [9.17, 15) is 0 Å². The zero-order chi connectivity index (χ0) is 21.8. The van der Waals surface area contributed by atoms with Crippen LogP contribution in [0.5, 0.6) is 0 Å². The van der Waals surface area contributed by atoms with Crippen molar-refractivity contribution in [2.45, 2.75) is 20.4 Å². The third-order valence-electron chi connectivity index (χ3n) is 4.79. The van der Waals surface area contributed by atoms with Crippen molar-refractivity contribution in [3.8, 4) is 5.95 Å². The van der Waals surface area contributed by atoms with E-state index in [4.69, 9.17) is 4.98 Å².